The average molecular weight is 1060 g/mol. The Morgan fingerprint density at radius 2 is 1.57 bits per heavy atom. The standard InChI is InChI=1S/C57H87NO17/c1-34-16-12-11-13-17-35(2)46(69-8)32-42-21-19-40(7)57(68,75-42)54(65)55(66)58-25-15-14-18-43(58)56(67)73-47(37(4)30-41-20-22-45(72-27-26-59)48(31-41)70-9)33-44(60)36(3)29-39(6)52(74-50(63)24-23-49(61)62)53(71-10)51(64)38(5)28-34/h11-13,16-17,29,34,36-38,40-43,45-48,52-53,59,68H,14-15,18-28,30-33H2,1-10H3,(H,61,62)/b13-11+,16-12+,35-17+,39-29+/t34-,36-,37-,38-,40-,41+,42+,43+,45-,46+,47+,48-,52-,53+,57-/m1/s1. The third kappa shape index (κ3) is 18.1. The highest BCUT2D eigenvalue weighted by Gasteiger charge is 2.53. The fraction of sp³-hybridized carbons (Fsp3) is 0.737. The third-order valence-electron chi connectivity index (χ3n) is 15.6. The molecule has 18 heteroatoms. The van der Waals surface area contributed by atoms with Gasteiger partial charge in [0.05, 0.1) is 50.5 Å². The van der Waals surface area contributed by atoms with Crippen molar-refractivity contribution >= 4 is 41.2 Å². The number of aliphatic carboxylic acids is 1. The predicted octanol–water partition coefficient (Wildman–Crippen LogP) is 6.61. The second-order valence-corrected chi connectivity index (χ2v) is 21.5. The first kappa shape index (κ1) is 63.1. The van der Waals surface area contributed by atoms with Crippen LogP contribution in [0.4, 0.5) is 0 Å². The second kappa shape index (κ2) is 30.5. The third-order valence-corrected chi connectivity index (χ3v) is 15.6. The number of aliphatic hydroxyl groups is 2. The molecule has 0 aromatic heterocycles. The fourth-order valence-corrected chi connectivity index (χ4v) is 11.0. The number of aliphatic hydroxyl groups excluding tert-OH is 1. The van der Waals surface area contributed by atoms with Crippen LogP contribution in [-0.4, -0.2) is 157 Å². The molecule has 4 aliphatic rings. The lowest BCUT2D eigenvalue weighted by Gasteiger charge is -2.42. The number of carbonyl (C=O) groups excluding carboxylic acids is 6. The highest BCUT2D eigenvalue weighted by Crippen LogP contribution is 2.38. The summed E-state index contributed by atoms with van der Waals surface area (Å²) in [4.78, 5) is 97.8. The number of carbonyl (C=O) groups is 7. The quantitative estimate of drug-likeness (QED) is 0.0997. The van der Waals surface area contributed by atoms with Gasteiger partial charge in [0, 0.05) is 58.5 Å². The Kier molecular flexibility index (Phi) is 25.7. The zero-order valence-corrected chi connectivity index (χ0v) is 46.1. The lowest BCUT2D eigenvalue weighted by atomic mass is 9.78. The maximum absolute atomic E-state index is 14.6. The molecule has 75 heavy (non-hydrogen) atoms. The highest BCUT2D eigenvalue weighted by molar-refractivity contribution is 6.39. The number of carboxylic acid groups (broad SMARTS) is 1. The Morgan fingerprint density at radius 1 is 0.840 bits per heavy atom. The van der Waals surface area contributed by atoms with E-state index in [1.807, 2.05) is 51.2 Å². The Bertz CT molecular complexity index is 2060. The van der Waals surface area contributed by atoms with Crippen LogP contribution in [-0.2, 0) is 66.7 Å². The van der Waals surface area contributed by atoms with Crippen molar-refractivity contribution in [1.82, 2.24) is 4.90 Å². The molecule has 1 amide bonds. The van der Waals surface area contributed by atoms with E-state index in [9.17, 15) is 48.9 Å². The number of hydrogen-bond donors (Lipinski definition) is 3. The number of rotatable bonds is 13. The van der Waals surface area contributed by atoms with Gasteiger partial charge in [-0.2, -0.15) is 0 Å². The molecule has 3 N–H and O–H groups in total. The highest BCUT2D eigenvalue weighted by atomic mass is 16.6. The van der Waals surface area contributed by atoms with Crippen LogP contribution in [0.2, 0.25) is 0 Å². The van der Waals surface area contributed by atoms with Crippen molar-refractivity contribution in [3.8, 4) is 0 Å². The van der Waals surface area contributed by atoms with Crippen LogP contribution in [0.5, 0.6) is 0 Å². The van der Waals surface area contributed by atoms with E-state index in [0.29, 0.717) is 56.9 Å². The van der Waals surface area contributed by atoms with E-state index in [4.69, 9.17) is 33.2 Å². The molecule has 18 nitrogen and oxygen atoms in total. The maximum atomic E-state index is 14.6. The number of hydrogen-bond acceptors (Lipinski definition) is 16. The lowest BCUT2D eigenvalue weighted by Crippen LogP contribution is -2.61. The summed E-state index contributed by atoms with van der Waals surface area (Å²) in [5.41, 5.74) is 1.15. The number of methoxy groups -OCH3 is 3. The van der Waals surface area contributed by atoms with Gasteiger partial charge in [-0.3, -0.25) is 28.8 Å². The summed E-state index contributed by atoms with van der Waals surface area (Å²) in [5, 5.41) is 30.7. The molecule has 1 saturated carbocycles. The molecule has 0 unspecified atom stereocenters. The van der Waals surface area contributed by atoms with Gasteiger partial charge in [-0.1, -0.05) is 71.1 Å². The number of ketones is 3. The van der Waals surface area contributed by atoms with Gasteiger partial charge < -0.3 is 53.4 Å². The summed E-state index contributed by atoms with van der Waals surface area (Å²) in [5.74, 6) is -10.9. The smallest absolute Gasteiger partial charge is 0.329 e. The number of allylic oxidation sites excluding steroid dienone is 6. The number of esters is 2. The number of fused-ring (bicyclic) bond motifs is 3. The summed E-state index contributed by atoms with van der Waals surface area (Å²) in [6.45, 7) is 12.5. The van der Waals surface area contributed by atoms with Gasteiger partial charge in [0.2, 0.25) is 5.79 Å². The van der Waals surface area contributed by atoms with Gasteiger partial charge in [-0.15, -0.1) is 0 Å². The molecule has 4 rings (SSSR count). The Hall–Kier alpha value is -4.43. The van der Waals surface area contributed by atoms with Crippen molar-refractivity contribution in [2.24, 2.45) is 35.5 Å². The number of Topliss-reactive ketones (excluding diaryl/α,β-unsaturated/α-hetero) is 3. The van der Waals surface area contributed by atoms with Gasteiger partial charge in [-0.05, 0) is 107 Å². The Labute approximate surface area is 443 Å². The predicted molar refractivity (Wildman–Crippen MR) is 277 cm³/mol. The molecule has 422 valence electrons. The number of amides is 1. The monoisotopic (exact) mass is 1060 g/mol. The van der Waals surface area contributed by atoms with Crippen LogP contribution in [0.1, 0.15) is 138 Å². The van der Waals surface area contributed by atoms with E-state index in [0.717, 1.165) is 16.9 Å². The number of piperidine rings is 1. The molecule has 0 spiro atoms. The van der Waals surface area contributed by atoms with Gasteiger partial charge in [0.1, 0.15) is 17.9 Å². The van der Waals surface area contributed by atoms with Crippen molar-refractivity contribution in [3.63, 3.8) is 0 Å². The first-order valence-corrected chi connectivity index (χ1v) is 27.0. The van der Waals surface area contributed by atoms with Gasteiger partial charge in [0.25, 0.3) is 11.7 Å². The summed E-state index contributed by atoms with van der Waals surface area (Å²) < 4.78 is 41.6. The summed E-state index contributed by atoms with van der Waals surface area (Å²) in [6.07, 6.45) is 9.76. The average Bonchev–Trinajstić information content (AvgIpc) is 3.38. The number of carboxylic acids is 1. The zero-order valence-electron chi connectivity index (χ0n) is 46.1. The van der Waals surface area contributed by atoms with Crippen LogP contribution < -0.4 is 0 Å². The van der Waals surface area contributed by atoms with Gasteiger partial charge in [0.15, 0.2) is 18.0 Å². The molecule has 2 bridgehead atoms. The minimum Gasteiger partial charge on any atom is -0.481 e. The normalized spacial score (nSPS) is 36.5. The molecular weight excluding hydrogens is 971 g/mol. The molecule has 3 fully saturated rings. The van der Waals surface area contributed by atoms with Crippen LogP contribution in [0, 0.1) is 35.5 Å². The molecule has 0 aromatic carbocycles. The Balaban J connectivity index is 1.77. The lowest BCUT2D eigenvalue weighted by molar-refractivity contribution is -0.265. The van der Waals surface area contributed by atoms with Crippen LogP contribution in [0.25, 0.3) is 0 Å². The topological polar surface area (TPSA) is 248 Å². The number of cyclic esters (lactones) is 1. The minimum absolute atomic E-state index is 0.0433. The fourth-order valence-electron chi connectivity index (χ4n) is 11.0. The number of ether oxygens (including phenoxy) is 7. The summed E-state index contributed by atoms with van der Waals surface area (Å²) in [6, 6.07) is -1.20. The van der Waals surface area contributed by atoms with Crippen LogP contribution in [0.15, 0.2) is 47.6 Å². The van der Waals surface area contributed by atoms with E-state index >= 15 is 0 Å². The van der Waals surface area contributed by atoms with E-state index < -0.39 is 108 Å². The molecule has 2 saturated heterocycles. The molecule has 3 aliphatic heterocycles. The molecule has 3 heterocycles. The van der Waals surface area contributed by atoms with Crippen LogP contribution in [0.3, 0.4) is 0 Å². The second-order valence-electron chi connectivity index (χ2n) is 21.5. The van der Waals surface area contributed by atoms with Crippen molar-refractivity contribution in [2.75, 3.05) is 41.1 Å². The first-order valence-electron chi connectivity index (χ1n) is 27.0. The van der Waals surface area contributed by atoms with E-state index in [1.54, 1.807) is 48.0 Å². The van der Waals surface area contributed by atoms with Gasteiger partial charge >= 0.3 is 17.9 Å². The first-order chi connectivity index (χ1) is 35.6. The summed E-state index contributed by atoms with van der Waals surface area (Å²) in [7, 11) is 4.48. The van der Waals surface area contributed by atoms with E-state index in [1.165, 1.54) is 7.11 Å². The minimum atomic E-state index is -2.47. The maximum Gasteiger partial charge on any atom is 0.329 e. The van der Waals surface area contributed by atoms with Crippen molar-refractivity contribution in [2.45, 2.75) is 193 Å². The molecule has 15 atom stereocenters. The van der Waals surface area contributed by atoms with Crippen molar-refractivity contribution < 1.29 is 82.0 Å². The molecule has 0 aromatic rings. The Morgan fingerprint density at radius 3 is 2.24 bits per heavy atom. The van der Waals surface area contributed by atoms with E-state index in [-0.39, 0.29) is 74.6 Å². The summed E-state index contributed by atoms with van der Waals surface area (Å²) >= 11 is 0. The molecular formula is C57H87NO17. The van der Waals surface area contributed by atoms with E-state index in [2.05, 4.69) is 0 Å². The number of nitrogens with zero attached hydrogens (tertiary/aromatic N) is 1. The molecule has 0 radical (unpaired) electrons. The van der Waals surface area contributed by atoms with Crippen molar-refractivity contribution in [3.05, 3.63) is 47.6 Å². The largest absolute Gasteiger partial charge is 0.481 e. The van der Waals surface area contributed by atoms with Gasteiger partial charge in [-0.25, -0.2) is 4.79 Å². The SMILES string of the molecule is CO[C@H]1C[C@@H]2CC[C@@H](C)[C@@](O)(O2)C(=O)C(=O)N2CCCC[C@H]2C(=O)O[C@H]([C@H](C)C[C@@H]2CC[C@@H](OCCO)[C@H](OC)C2)CC(=O)[C@H](C)/C=C(\C)[C@@H](OC(=O)CCC(=O)O)[C@@H](OC)C(=O)[C@H](C)C[C@H](C)/C=C/C=C/C=C/1C. The van der Waals surface area contributed by atoms with Crippen LogP contribution >= 0.6 is 0 Å². The molecule has 1 aliphatic carbocycles. The zero-order chi connectivity index (χ0) is 55.6. The van der Waals surface area contributed by atoms with Crippen molar-refractivity contribution in [1.29, 1.82) is 0 Å².